The number of benzene rings is 7. The van der Waals surface area contributed by atoms with E-state index >= 15 is 0 Å². The van der Waals surface area contributed by atoms with Gasteiger partial charge in [0.1, 0.15) is 28.4 Å². The first-order valence-electron chi connectivity index (χ1n) is 20.0. The van der Waals surface area contributed by atoms with Crippen LogP contribution in [-0.4, -0.2) is 10.3 Å². The summed E-state index contributed by atoms with van der Waals surface area (Å²) in [5, 5.41) is 6.84. The zero-order chi connectivity index (χ0) is 38.3. The minimum atomic E-state index is -0.262. The van der Waals surface area contributed by atoms with Crippen molar-refractivity contribution in [3.8, 4) is 5.69 Å². The van der Waals surface area contributed by atoms with Gasteiger partial charge in [0.15, 0.2) is 0 Å². The van der Waals surface area contributed by atoms with E-state index in [-0.39, 0.29) is 6.04 Å². The first kappa shape index (κ1) is 32.8. The molecule has 0 fully saturated rings. The van der Waals surface area contributed by atoms with Crippen molar-refractivity contribution in [2.45, 2.75) is 18.9 Å². The van der Waals surface area contributed by atoms with Gasteiger partial charge in [0, 0.05) is 49.1 Å². The average Bonchev–Trinajstić information content (AvgIpc) is 3.96. The van der Waals surface area contributed by atoms with Crippen LogP contribution in [0.5, 0.6) is 0 Å². The van der Waals surface area contributed by atoms with E-state index in [1.54, 1.807) is 0 Å². The fourth-order valence-corrected chi connectivity index (χ4v) is 9.27. The van der Waals surface area contributed by atoms with Gasteiger partial charge in [-0.3, -0.25) is 4.99 Å². The summed E-state index contributed by atoms with van der Waals surface area (Å²) < 4.78 is 15.6. The van der Waals surface area contributed by atoms with Crippen LogP contribution in [0.3, 0.4) is 0 Å². The van der Waals surface area contributed by atoms with Gasteiger partial charge in [-0.2, -0.15) is 0 Å². The van der Waals surface area contributed by atoms with Crippen LogP contribution >= 0.6 is 0 Å². The summed E-state index contributed by atoms with van der Waals surface area (Å²) in [7, 11) is 0. The molecule has 2 aliphatic rings. The molecule has 0 bridgehead atoms. The number of rotatable bonds is 5. The third-order valence-corrected chi connectivity index (χ3v) is 12.1. The standard InChI is InChI=1S/C54H36N2O2/c1-33-45(44-20-12-19-43-41-18-9-11-22-50(41)58-54(43)44)32-47(55-53(33)35-15-6-3-7-16-35)37-24-27-42-46-31-38(25-28-51(46)57-52(42)30-37)56-48-21-10-8-17-39(48)40-26-23-36(29-49(40)56)34-13-4-2-5-14-34/h2-4,6-13,15-32,53H,1,5,14H2/t53-/m1/s1. The lowest BCUT2D eigenvalue weighted by molar-refractivity contribution is 0.667. The minimum Gasteiger partial charge on any atom is -0.456 e. The minimum absolute atomic E-state index is 0.262. The highest BCUT2D eigenvalue weighted by Gasteiger charge is 2.27. The second-order valence-electron chi connectivity index (χ2n) is 15.4. The van der Waals surface area contributed by atoms with Crippen LogP contribution in [0.15, 0.2) is 202 Å². The first-order valence-corrected chi connectivity index (χ1v) is 20.0. The van der Waals surface area contributed by atoms with Gasteiger partial charge >= 0.3 is 0 Å². The van der Waals surface area contributed by atoms with Gasteiger partial charge in [-0.05, 0) is 95.3 Å². The molecule has 58 heavy (non-hydrogen) atoms. The molecule has 3 aromatic heterocycles. The predicted octanol–water partition coefficient (Wildman–Crippen LogP) is 14.5. The van der Waals surface area contributed by atoms with E-state index in [9.17, 15) is 0 Å². The van der Waals surface area contributed by atoms with Gasteiger partial charge in [-0.25, -0.2) is 0 Å². The number of hydrogen-bond donors (Lipinski definition) is 0. The Morgan fingerprint density at radius 3 is 2.24 bits per heavy atom. The van der Waals surface area contributed by atoms with Crippen LogP contribution in [0.1, 0.15) is 41.1 Å². The molecule has 0 spiro atoms. The van der Waals surface area contributed by atoms with Gasteiger partial charge in [0.2, 0.25) is 0 Å². The summed E-state index contributed by atoms with van der Waals surface area (Å²) in [6, 6.07) is 53.5. The highest BCUT2D eigenvalue weighted by Crippen LogP contribution is 2.44. The van der Waals surface area contributed by atoms with Crippen molar-refractivity contribution in [2.75, 3.05) is 0 Å². The summed E-state index contributed by atoms with van der Waals surface area (Å²) in [5.74, 6) is 0. The Hall–Kier alpha value is -7.43. The zero-order valence-corrected chi connectivity index (χ0v) is 31.7. The van der Waals surface area contributed by atoms with Crippen LogP contribution < -0.4 is 0 Å². The van der Waals surface area contributed by atoms with Gasteiger partial charge in [0.25, 0.3) is 0 Å². The van der Waals surface area contributed by atoms with Gasteiger partial charge in [-0.15, -0.1) is 0 Å². The number of aliphatic imine (C=N–C) groups is 1. The van der Waals surface area contributed by atoms with Crippen LogP contribution in [0.2, 0.25) is 0 Å². The molecule has 1 aliphatic heterocycles. The molecule has 12 rings (SSSR count). The highest BCUT2D eigenvalue weighted by atomic mass is 16.3. The van der Waals surface area contributed by atoms with E-state index < -0.39 is 0 Å². The fourth-order valence-electron chi connectivity index (χ4n) is 9.27. The number of allylic oxidation sites excluding steroid dienone is 5. The molecule has 4 heterocycles. The molecule has 0 radical (unpaired) electrons. The van der Waals surface area contributed by atoms with E-state index in [2.05, 4.69) is 169 Å². The Labute approximate surface area is 334 Å². The van der Waals surface area contributed by atoms with Crippen LogP contribution in [0, 0.1) is 0 Å². The van der Waals surface area contributed by atoms with E-state index in [1.165, 1.54) is 32.9 Å². The molecule has 7 aromatic carbocycles. The maximum Gasteiger partial charge on any atom is 0.143 e. The van der Waals surface area contributed by atoms with Crippen LogP contribution in [-0.2, 0) is 0 Å². The van der Waals surface area contributed by atoms with Crippen molar-refractivity contribution in [1.82, 2.24) is 4.57 Å². The maximum absolute atomic E-state index is 6.63. The van der Waals surface area contributed by atoms with Crippen LogP contribution in [0.4, 0.5) is 0 Å². The topological polar surface area (TPSA) is 43.6 Å². The molecule has 1 atom stereocenters. The Morgan fingerprint density at radius 2 is 1.34 bits per heavy atom. The van der Waals surface area contributed by atoms with Gasteiger partial charge < -0.3 is 13.4 Å². The molecule has 0 N–H and O–H groups in total. The van der Waals surface area contributed by atoms with Crippen LogP contribution in [0.25, 0.3) is 82.5 Å². The second-order valence-corrected chi connectivity index (χ2v) is 15.4. The van der Waals surface area contributed by atoms with E-state index in [1.807, 2.05) is 18.2 Å². The van der Waals surface area contributed by atoms with E-state index in [0.717, 1.165) is 96.0 Å². The molecule has 10 aromatic rings. The lowest BCUT2D eigenvalue weighted by Gasteiger charge is -2.25. The smallest absolute Gasteiger partial charge is 0.143 e. The third-order valence-electron chi connectivity index (χ3n) is 12.1. The second kappa shape index (κ2) is 12.8. The predicted molar refractivity (Wildman–Crippen MR) is 241 cm³/mol. The van der Waals surface area contributed by atoms with E-state index in [0.29, 0.717) is 0 Å². The molecule has 1 aliphatic carbocycles. The Kier molecular flexibility index (Phi) is 7.24. The Bertz CT molecular complexity index is 3470. The highest BCUT2D eigenvalue weighted by molar-refractivity contribution is 6.19. The molecule has 0 unspecified atom stereocenters. The van der Waals surface area contributed by atoms with Crippen molar-refractivity contribution in [3.05, 3.63) is 210 Å². The Morgan fingerprint density at radius 1 is 0.586 bits per heavy atom. The average molecular weight is 745 g/mol. The number of dihydropyridines is 1. The van der Waals surface area contributed by atoms with Crippen molar-refractivity contribution in [1.29, 1.82) is 0 Å². The number of fused-ring (bicyclic) bond motifs is 9. The van der Waals surface area contributed by atoms with Crippen molar-refractivity contribution < 1.29 is 8.83 Å². The summed E-state index contributed by atoms with van der Waals surface area (Å²) >= 11 is 0. The largest absolute Gasteiger partial charge is 0.456 e. The lowest BCUT2D eigenvalue weighted by Crippen LogP contribution is -2.12. The van der Waals surface area contributed by atoms with Gasteiger partial charge in [0.05, 0.1) is 16.7 Å². The molecular weight excluding hydrogens is 709 g/mol. The fraction of sp³-hybridized carbons (Fsp3) is 0.0556. The first-order chi connectivity index (χ1) is 28.7. The molecule has 0 amide bonds. The summed E-state index contributed by atoms with van der Waals surface area (Å²) in [6.07, 6.45) is 11.0. The molecular formula is C54H36N2O2. The molecule has 4 nitrogen and oxygen atoms in total. The number of para-hydroxylation sites is 3. The summed E-state index contributed by atoms with van der Waals surface area (Å²) in [5.41, 5.74) is 15.5. The monoisotopic (exact) mass is 744 g/mol. The summed E-state index contributed by atoms with van der Waals surface area (Å²) in [4.78, 5) is 5.37. The molecule has 0 saturated carbocycles. The quantitative estimate of drug-likeness (QED) is 0.176. The molecule has 0 saturated heterocycles. The van der Waals surface area contributed by atoms with Gasteiger partial charge in [-0.1, -0.05) is 128 Å². The Balaban J connectivity index is 0.998. The molecule has 274 valence electrons. The SMILES string of the molecule is C=C1C(c2cccc3c2oc2ccccc23)=CC(c2ccc3c(c2)oc2ccc(-n4c5ccccc5c5ccc(C6=CC=CCC6)cc54)cc23)=N[C@H]1c1ccccc1. The maximum atomic E-state index is 6.63. The number of furan rings is 2. The number of aromatic nitrogens is 1. The normalized spacial score (nSPS) is 15.9. The lowest BCUT2D eigenvalue weighted by atomic mass is 9.85. The van der Waals surface area contributed by atoms with Crippen molar-refractivity contribution >= 4 is 82.5 Å². The molecule has 4 heteroatoms. The van der Waals surface area contributed by atoms with E-state index in [4.69, 9.17) is 13.8 Å². The summed E-state index contributed by atoms with van der Waals surface area (Å²) in [6.45, 7) is 4.65. The van der Waals surface area contributed by atoms with Crippen molar-refractivity contribution in [2.24, 2.45) is 4.99 Å². The van der Waals surface area contributed by atoms with Crippen molar-refractivity contribution in [3.63, 3.8) is 0 Å². The zero-order valence-electron chi connectivity index (χ0n) is 31.7. The number of hydrogen-bond acceptors (Lipinski definition) is 3. The third kappa shape index (κ3) is 5.05. The number of nitrogens with zero attached hydrogens (tertiary/aromatic N) is 2.